The number of aryl methyl sites for hydroxylation is 1. The van der Waals surface area contributed by atoms with Crippen molar-refractivity contribution in [3.8, 4) is 0 Å². The van der Waals surface area contributed by atoms with Gasteiger partial charge < -0.3 is 9.32 Å². The van der Waals surface area contributed by atoms with Gasteiger partial charge in [-0.3, -0.25) is 4.79 Å². The van der Waals surface area contributed by atoms with Crippen molar-refractivity contribution in [1.29, 1.82) is 0 Å². The first kappa shape index (κ1) is 15.2. The van der Waals surface area contributed by atoms with Gasteiger partial charge in [0.25, 0.3) is 0 Å². The predicted molar refractivity (Wildman–Crippen MR) is 74.6 cm³/mol. The topological polar surface area (TPSA) is 33.5 Å². The zero-order valence-electron chi connectivity index (χ0n) is 12.0. The molecule has 0 radical (unpaired) electrons. The Morgan fingerprint density at radius 1 is 1.29 bits per heavy atom. The van der Waals surface area contributed by atoms with Crippen LogP contribution < -0.4 is 0 Å². The Bertz CT molecular complexity index is 611. The summed E-state index contributed by atoms with van der Waals surface area (Å²) in [5.74, 6) is -1.13. The first-order chi connectivity index (χ1) is 9.99. The summed E-state index contributed by atoms with van der Waals surface area (Å²) < 4.78 is 31.4. The van der Waals surface area contributed by atoms with Crippen molar-refractivity contribution in [3.05, 3.63) is 59.6 Å². The van der Waals surface area contributed by atoms with Gasteiger partial charge >= 0.3 is 0 Å². The van der Waals surface area contributed by atoms with E-state index in [0.29, 0.717) is 18.4 Å². The Morgan fingerprint density at radius 3 is 2.67 bits per heavy atom. The summed E-state index contributed by atoms with van der Waals surface area (Å²) in [5, 5.41) is 0. The summed E-state index contributed by atoms with van der Waals surface area (Å²) in [7, 11) is 1.65. The Balaban J connectivity index is 1.98. The van der Waals surface area contributed by atoms with E-state index in [1.165, 1.54) is 11.0 Å². The van der Waals surface area contributed by atoms with Gasteiger partial charge in [0, 0.05) is 19.9 Å². The first-order valence-corrected chi connectivity index (χ1v) is 6.72. The van der Waals surface area contributed by atoms with E-state index in [1.54, 1.807) is 26.3 Å². The molecule has 21 heavy (non-hydrogen) atoms. The van der Waals surface area contributed by atoms with E-state index in [2.05, 4.69) is 0 Å². The van der Waals surface area contributed by atoms with Crippen LogP contribution in [0.4, 0.5) is 8.78 Å². The smallest absolute Gasteiger partial charge is 0.223 e. The average molecular weight is 293 g/mol. The Morgan fingerprint density at radius 2 is 2.05 bits per heavy atom. The van der Waals surface area contributed by atoms with Crippen LogP contribution in [0.2, 0.25) is 0 Å². The molecule has 0 N–H and O–H groups in total. The van der Waals surface area contributed by atoms with Crippen LogP contribution in [0, 0.1) is 11.6 Å². The molecule has 3 nitrogen and oxygen atoms in total. The van der Waals surface area contributed by atoms with E-state index in [1.807, 2.05) is 6.07 Å². The molecule has 0 fully saturated rings. The van der Waals surface area contributed by atoms with E-state index in [9.17, 15) is 13.6 Å². The molecule has 1 unspecified atom stereocenters. The molecule has 1 heterocycles. The normalized spacial score (nSPS) is 12.2. The van der Waals surface area contributed by atoms with Gasteiger partial charge in [-0.25, -0.2) is 8.78 Å². The van der Waals surface area contributed by atoms with Crippen molar-refractivity contribution in [2.45, 2.75) is 25.8 Å². The van der Waals surface area contributed by atoms with Crippen molar-refractivity contribution in [1.82, 2.24) is 4.90 Å². The molecule has 1 atom stereocenters. The average Bonchev–Trinajstić information content (AvgIpc) is 2.99. The lowest BCUT2D eigenvalue weighted by Crippen LogP contribution is -2.29. The SMILES string of the molecule is CC(c1ccc(F)c(F)c1)N(C)C(=O)CCc1ccco1. The second-order valence-corrected chi connectivity index (χ2v) is 4.93. The number of hydrogen-bond donors (Lipinski definition) is 0. The summed E-state index contributed by atoms with van der Waals surface area (Å²) in [6, 6.07) is 6.93. The quantitative estimate of drug-likeness (QED) is 0.842. The van der Waals surface area contributed by atoms with Crippen LogP contribution in [0.1, 0.15) is 30.7 Å². The molecule has 1 amide bonds. The molecule has 1 aromatic carbocycles. The highest BCUT2D eigenvalue weighted by Crippen LogP contribution is 2.21. The van der Waals surface area contributed by atoms with Crippen LogP contribution in [0.25, 0.3) is 0 Å². The summed E-state index contributed by atoms with van der Waals surface area (Å²) in [6.07, 6.45) is 2.38. The summed E-state index contributed by atoms with van der Waals surface area (Å²) in [5.41, 5.74) is 0.558. The number of rotatable bonds is 5. The monoisotopic (exact) mass is 293 g/mol. The summed E-state index contributed by atoms with van der Waals surface area (Å²) >= 11 is 0. The van der Waals surface area contributed by atoms with Gasteiger partial charge in [-0.15, -0.1) is 0 Å². The van der Waals surface area contributed by atoms with Crippen molar-refractivity contribution >= 4 is 5.91 Å². The van der Waals surface area contributed by atoms with E-state index in [-0.39, 0.29) is 11.9 Å². The molecule has 1 aromatic heterocycles. The number of amides is 1. The largest absolute Gasteiger partial charge is 0.469 e. The summed E-state index contributed by atoms with van der Waals surface area (Å²) in [4.78, 5) is 13.6. The van der Waals surface area contributed by atoms with Gasteiger partial charge in [0.15, 0.2) is 11.6 Å². The van der Waals surface area contributed by atoms with Crippen LogP contribution in [0.15, 0.2) is 41.0 Å². The number of halogens is 2. The van der Waals surface area contributed by atoms with Gasteiger partial charge in [-0.1, -0.05) is 6.07 Å². The van der Waals surface area contributed by atoms with Crippen LogP contribution in [-0.2, 0) is 11.2 Å². The van der Waals surface area contributed by atoms with Gasteiger partial charge in [0.05, 0.1) is 12.3 Å². The molecule has 112 valence electrons. The number of nitrogens with zero attached hydrogens (tertiary/aromatic N) is 1. The lowest BCUT2D eigenvalue weighted by molar-refractivity contribution is -0.131. The van der Waals surface area contributed by atoms with Gasteiger partial charge in [0.1, 0.15) is 5.76 Å². The van der Waals surface area contributed by atoms with Crippen molar-refractivity contribution in [3.63, 3.8) is 0 Å². The standard InChI is InChI=1S/C16H17F2NO2/c1-11(12-5-7-14(17)15(18)10-12)19(2)16(20)8-6-13-4-3-9-21-13/h3-5,7,9-11H,6,8H2,1-2H3. The van der Waals surface area contributed by atoms with E-state index >= 15 is 0 Å². The Hall–Kier alpha value is -2.17. The van der Waals surface area contributed by atoms with Crippen LogP contribution >= 0.6 is 0 Å². The van der Waals surface area contributed by atoms with Crippen LogP contribution in [0.5, 0.6) is 0 Å². The maximum atomic E-state index is 13.2. The van der Waals surface area contributed by atoms with Crippen molar-refractivity contribution in [2.75, 3.05) is 7.05 Å². The lowest BCUT2D eigenvalue weighted by atomic mass is 10.1. The van der Waals surface area contributed by atoms with E-state index in [0.717, 1.165) is 17.9 Å². The molecular formula is C16H17F2NO2. The van der Waals surface area contributed by atoms with Crippen LogP contribution in [-0.4, -0.2) is 17.9 Å². The second kappa shape index (κ2) is 6.52. The zero-order chi connectivity index (χ0) is 15.4. The molecule has 2 rings (SSSR count). The third kappa shape index (κ3) is 3.68. The highest BCUT2D eigenvalue weighted by Gasteiger charge is 2.18. The fourth-order valence-corrected chi connectivity index (χ4v) is 2.07. The fraction of sp³-hybridized carbons (Fsp3) is 0.312. The van der Waals surface area contributed by atoms with E-state index < -0.39 is 11.6 Å². The molecule has 0 saturated heterocycles. The Kier molecular flexibility index (Phi) is 4.73. The minimum absolute atomic E-state index is 0.0800. The van der Waals surface area contributed by atoms with Gasteiger partial charge in [-0.05, 0) is 36.8 Å². The zero-order valence-corrected chi connectivity index (χ0v) is 12.0. The molecule has 0 saturated carbocycles. The molecular weight excluding hydrogens is 276 g/mol. The van der Waals surface area contributed by atoms with Crippen molar-refractivity contribution in [2.24, 2.45) is 0 Å². The van der Waals surface area contributed by atoms with E-state index in [4.69, 9.17) is 4.42 Å². The Labute approximate surface area is 122 Å². The number of benzene rings is 1. The highest BCUT2D eigenvalue weighted by atomic mass is 19.2. The number of carbonyl (C=O) groups excluding carboxylic acids is 1. The molecule has 0 aliphatic carbocycles. The lowest BCUT2D eigenvalue weighted by Gasteiger charge is -2.25. The van der Waals surface area contributed by atoms with Crippen molar-refractivity contribution < 1.29 is 18.0 Å². The summed E-state index contributed by atoms with van der Waals surface area (Å²) in [6.45, 7) is 1.78. The molecule has 0 aliphatic heterocycles. The fourth-order valence-electron chi connectivity index (χ4n) is 2.07. The molecule has 5 heteroatoms. The maximum absolute atomic E-state index is 13.2. The minimum Gasteiger partial charge on any atom is -0.469 e. The number of furan rings is 1. The van der Waals surface area contributed by atoms with Gasteiger partial charge in [-0.2, -0.15) is 0 Å². The third-order valence-corrected chi connectivity index (χ3v) is 3.57. The predicted octanol–water partition coefficient (Wildman–Crippen LogP) is 3.71. The molecule has 0 spiro atoms. The maximum Gasteiger partial charge on any atom is 0.223 e. The molecule has 0 bridgehead atoms. The van der Waals surface area contributed by atoms with Gasteiger partial charge in [0.2, 0.25) is 5.91 Å². The first-order valence-electron chi connectivity index (χ1n) is 6.72. The number of carbonyl (C=O) groups is 1. The third-order valence-electron chi connectivity index (χ3n) is 3.57. The second-order valence-electron chi connectivity index (χ2n) is 4.93. The highest BCUT2D eigenvalue weighted by molar-refractivity contribution is 5.76. The minimum atomic E-state index is -0.907. The number of hydrogen-bond acceptors (Lipinski definition) is 2. The molecule has 0 aliphatic rings. The molecule has 2 aromatic rings. The van der Waals surface area contributed by atoms with Crippen LogP contribution in [0.3, 0.4) is 0 Å².